The molecule has 2 heteroatoms. The summed E-state index contributed by atoms with van der Waals surface area (Å²) in [5, 5.41) is 3.98. The van der Waals surface area contributed by atoms with Crippen LogP contribution in [0, 0.1) is 0 Å². The van der Waals surface area contributed by atoms with Crippen molar-refractivity contribution in [1.29, 1.82) is 0 Å². The second kappa shape index (κ2) is 8.68. The van der Waals surface area contributed by atoms with Gasteiger partial charge >= 0.3 is 0 Å². The van der Waals surface area contributed by atoms with Crippen molar-refractivity contribution >= 4 is 6.21 Å². The van der Waals surface area contributed by atoms with Gasteiger partial charge in [-0.1, -0.05) is 79.9 Å². The molecule has 1 fully saturated rings. The van der Waals surface area contributed by atoms with Crippen LogP contribution in [0.25, 0.3) is 0 Å². The lowest BCUT2D eigenvalue weighted by Crippen LogP contribution is -2.04. The minimum absolute atomic E-state index is 0.487. The number of aryl methyl sites for hydroxylation is 1. The third-order valence-corrected chi connectivity index (χ3v) is 4.86. The average Bonchev–Trinajstić information content (AvgIpc) is 2.67. The number of hydrogen-bond acceptors (Lipinski definition) is 2. The monoisotopic (exact) mass is 320 g/mol. The van der Waals surface area contributed by atoms with Gasteiger partial charge in [0.2, 0.25) is 0 Å². The molecular formula is C22H26NO. The lowest BCUT2D eigenvalue weighted by molar-refractivity contribution is 0.132. The predicted octanol–water partition coefficient (Wildman–Crippen LogP) is 5.72. The van der Waals surface area contributed by atoms with E-state index in [0.717, 1.165) is 23.5 Å². The summed E-state index contributed by atoms with van der Waals surface area (Å²) in [6, 6.07) is 17.0. The van der Waals surface area contributed by atoms with Crippen LogP contribution in [-0.2, 0) is 17.9 Å². The molecule has 1 aliphatic rings. The van der Waals surface area contributed by atoms with Gasteiger partial charge in [-0.3, -0.25) is 0 Å². The largest absolute Gasteiger partial charge is 0.390 e. The zero-order valence-corrected chi connectivity index (χ0v) is 14.5. The van der Waals surface area contributed by atoms with E-state index >= 15 is 0 Å². The van der Waals surface area contributed by atoms with E-state index in [1.54, 1.807) is 0 Å². The summed E-state index contributed by atoms with van der Waals surface area (Å²) in [7, 11) is 0. The molecule has 0 spiro atoms. The zero-order valence-electron chi connectivity index (χ0n) is 14.5. The summed E-state index contributed by atoms with van der Waals surface area (Å²) >= 11 is 0. The minimum atomic E-state index is 0.487. The second-order valence-corrected chi connectivity index (χ2v) is 6.61. The van der Waals surface area contributed by atoms with Gasteiger partial charge in [0.1, 0.15) is 12.8 Å². The summed E-state index contributed by atoms with van der Waals surface area (Å²) in [6.07, 6.45) is 10.8. The van der Waals surface area contributed by atoms with E-state index in [1.165, 1.54) is 43.2 Å². The van der Waals surface area contributed by atoms with Crippen molar-refractivity contribution in [2.75, 3.05) is 0 Å². The molecule has 0 bridgehead atoms. The maximum atomic E-state index is 5.38. The van der Waals surface area contributed by atoms with Crippen LogP contribution in [0.1, 0.15) is 67.2 Å². The van der Waals surface area contributed by atoms with Gasteiger partial charge < -0.3 is 4.84 Å². The molecule has 0 amide bonds. The molecule has 1 saturated carbocycles. The Morgan fingerprint density at radius 2 is 1.75 bits per heavy atom. The van der Waals surface area contributed by atoms with Crippen molar-refractivity contribution in [3.8, 4) is 0 Å². The first-order chi connectivity index (χ1) is 11.8. The molecule has 24 heavy (non-hydrogen) atoms. The van der Waals surface area contributed by atoms with Gasteiger partial charge in [0.25, 0.3) is 0 Å². The van der Waals surface area contributed by atoms with Crippen LogP contribution < -0.4 is 0 Å². The molecule has 2 nitrogen and oxygen atoms in total. The fourth-order valence-electron chi connectivity index (χ4n) is 3.40. The van der Waals surface area contributed by atoms with Crippen LogP contribution in [0.4, 0.5) is 0 Å². The number of benzene rings is 2. The van der Waals surface area contributed by atoms with Crippen molar-refractivity contribution < 1.29 is 4.84 Å². The highest BCUT2D eigenvalue weighted by Crippen LogP contribution is 2.32. The van der Waals surface area contributed by atoms with Gasteiger partial charge in [0.15, 0.2) is 0 Å². The molecule has 0 unspecified atom stereocenters. The summed E-state index contributed by atoms with van der Waals surface area (Å²) in [5.41, 5.74) is 4.89. The normalized spacial score (nSPS) is 15.7. The standard InChI is InChI=1S/C22H26NO/c1-2-18-7-6-8-20(15-18)17-24-23-16-19-11-13-22(14-12-19)21-9-4-3-5-10-21/h6-8,11-15,21H,2-5,9-10,17H2,1H3. The Morgan fingerprint density at radius 3 is 2.50 bits per heavy atom. The van der Waals surface area contributed by atoms with Crippen molar-refractivity contribution in [3.05, 3.63) is 70.8 Å². The number of rotatable bonds is 6. The van der Waals surface area contributed by atoms with Crippen LogP contribution in [0.5, 0.6) is 0 Å². The topological polar surface area (TPSA) is 21.6 Å². The number of nitrogens with zero attached hydrogens (tertiary/aromatic N) is 1. The molecule has 1 aliphatic carbocycles. The van der Waals surface area contributed by atoms with Crippen LogP contribution in [0.3, 0.4) is 0 Å². The maximum absolute atomic E-state index is 5.38. The van der Waals surface area contributed by atoms with Crippen LogP contribution >= 0.6 is 0 Å². The van der Waals surface area contributed by atoms with Crippen LogP contribution in [0.2, 0.25) is 0 Å². The van der Waals surface area contributed by atoms with Gasteiger partial charge in [-0.05, 0) is 41.9 Å². The number of hydrogen-bond donors (Lipinski definition) is 0. The first-order valence-electron chi connectivity index (χ1n) is 9.11. The molecule has 125 valence electrons. The smallest absolute Gasteiger partial charge is 0.142 e. The molecule has 1 radical (unpaired) electrons. The molecule has 0 N–H and O–H groups in total. The first-order valence-corrected chi connectivity index (χ1v) is 9.11. The second-order valence-electron chi connectivity index (χ2n) is 6.61. The molecule has 0 heterocycles. The highest BCUT2D eigenvalue weighted by Gasteiger charge is 2.14. The zero-order chi connectivity index (χ0) is 16.6. The lowest BCUT2D eigenvalue weighted by atomic mass is 9.84. The van der Waals surface area contributed by atoms with E-state index in [2.05, 4.69) is 66.8 Å². The Labute approximate surface area is 145 Å². The van der Waals surface area contributed by atoms with E-state index in [0.29, 0.717) is 6.61 Å². The van der Waals surface area contributed by atoms with Crippen molar-refractivity contribution in [1.82, 2.24) is 0 Å². The van der Waals surface area contributed by atoms with Crippen LogP contribution in [0.15, 0.2) is 53.7 Å². The van der Waals surface area contributed by atoms with Crippen molar-refractivity contribution in [2.45, 2.75) is 58.0 Å². The third kappa shape index (κ3) is 4.70. The first kappa shape index (κ1) is 16.8. The van der Waals surface area contributed by atoms with E-state index in [1.807, 2.05) is 0 Å². The van der Waals surface area contributed by atoms with Gasteiger partial charge in [-0.15, -0.1) is 0 Å². The summed E-state index contributed by atoms with van der Waals surface area (Å²) < 4.78 is 0. The summed E-state index contributed by atoms with van der Waals surface area (Å²) in [6.45, 7) is 2.64. The highest BCUT2D eigenvalue weighted by atomic mass is 16.6. The van der Waals surface area contributed by atoms with E-state index in [4.69, 9.17) is 4.84 Å². The van der Waals surface area contributed by atoms with E-state index in [9.17, 15) is 0 Å². The average molecular weight is 320 g/mol. The molecule has 2 aromatic carbocycles. The molecule has 0 aliphatic heterocycles. The molecular weight excluding hydrogens is 294 g/mol. The molecule has 2 aromatic rings. The Balaban J connectivity index is 1.50. The fourth-order valence-corrected chi connectivity index (χ4v) is 3.40. The van der Waals surface area contributed by atoms with Gasteiger partial charge in [-0.25, -0.2) is 0 Å². The quantitative estimate of drug-likeness (QED) is 0.492. The molecule has 0 aromatic heterocycles. The van der Waals surface area contributed by atoms with E-state index in [-0.39, 0.29) is 0 Å². The fraction of sp³-hybridized carbons (Fsp3) is 0.409. The minimum Gasteiger partial charge on any atom is -0.390 e. The SMILES string of the molecule is CCc1cccc(CO/N=[C]\c2ccc(C3CCCCC3)cc2)c1. The van der Waals surface area contributed by atoms with Gasteiger partial charge in [0.05, 0.1) is 0 Å². The molecule has 3 rings (SSSR count). The van der Waals surface area contributed by atoms with Crippen molar-refractivity contribution in [2.24, 2.45) is 5.16 Å². The third-order valence-electron chi connectivity index (χ3n) is 4.86. The Hall–Kier alpha value is -2.09. The Kier molecular flexibility index (Phi) is 6.06. The molecule has 0 saturated heterocycles. The summed E-state index contributed by atoms with van der Waals surface area (Å²) in [5.74, 6) is 0.742. The van der Waals surface area contributed by atoms with Gasteiger partial charge in [-0.2, -0.15) is 0 Å². The summed E-state index contributed by atoms with van der Waals surface area (Å²) in [4.78, 5) is 5.38. The Bertz CT molecular complexity index is 654. The van der Waals surface area contributed by atoms with Gasteiger partial charge in [0, 0.05) is 5.56 Å². The Morgan fingerprint density at radius 1 is 1.00 bits per heavy atom. The highest BCUT2D eigenvalue weighted by molar-refractivity contribution is 5.79. The van der Waals surface area contributed by atoms with Crippen LogP contribution in [-0.4, -0.2) is 6.21 Å². The molecule has 0 atom stereocenters. The lowest BCUT2D eigenvalue weighted by Gasteiger charge is -2.21. The predicted molar refractivity (Wildman–Crippen MR) is 99.4 cm³/mol. The van der Waals surface area contributed by atoms with Crippen molar-refractivity contribution in [3.63, 3.8) is 0 Å². The van der Waals surface area contributed by atoms with E-state index < -0.39 is 0 Å². The maximum Gasteiger partial charge on any atom is 0.142 e.